The number of hydrogen-bond acceptors (Lipinski definition) is 3. The molecule has 240 valence electrons. The van der Waals surface area contributed by atoms with E-state index in [1.165, 1.54) is 27.8 Å². The van der Waals surface area contributed by atoms with Crippen LogP contribution in [0.4, 0.5) is 0 Å². The number of rotatable bonds is 5. The summed E-state index contributed by atoms with van der Waals surface area (Å²) in [5.74, 6) is 0.681. The van der Waals surface area contributed by atoms with Crippen molar-refractivity contribution in [2.75, 3.05) is 0 Å². The third-order valence-electron chi connectivity index (χ3n) is 10.5. The third-order valence-corrected chi connectivity index (χ3v) is 10.5. The minimum atomic E-state index is -0.303. The standard InChI is InChI=1S/C45H34N4O/c1-45(33-15-8-5-9-16-33)37-19-11-10-17-35(37)36-26-25-32(27-38(36)45)40-28-39(46-43(47-40)31-13-6-4-7-14-31)30-23-21-29(22-24-30)34-18-12-20-41-42(34)49(3)44(50)48(41)2/h4-28H,1-3H3. The molecule has 6 aromatic carbocycles. The van der Waals surface area contributed by atoms with Crippen molar-refractivity contribution in [3.8, 4) is 56.2 Å². The Bertz CT molecular complexity index is 2640. The second-order valence-corrected chi connectivity index (χ2v) is 13.3. The van der Waals surface area contributed by atoms with Gasteiger partial charge < -0.3 is 0 Å². The number of nitrogens with zero attached hydrogens (tertiary/aromatic N) is 4. The molecule has 1 atom stereocenters. The highest BCUT2D eigenvalue weighted by Gasteiger charge is 2.40. The molecule has 5 nitrogen and oxygen atoms in total. The fourth-order valence-electron chi connectivity index (χ4n) is 7.82. The molecule has 0 saturated carbocycles. The van der Waals surface area contributed by atoms with Gasteiger partial charge in [-0.15, -0.1) is 0 Å². The smallest absolute Gasteiger partial charge is 0.295 e. The Morgan fingerprint density at radius 3 is 1.86 bits per heavy atom. The lowest BCUT2D eigenvalue weighted by atomic mass is 9.74. The van der Waals surface area contributed by atoms with Crippen LogP contribution in [0.5, 0.6) is 0 Å². The first kappa shape index (κ1) is 29.8. The molecule has 8 aromatic rings. The average Bonchev–Trinajstić information content (AvgIpc) is 3.58. The first-order chi connectivity index (χ1) is 24.4. The molecule has 0 aliphatic heterocycles. The number of aromatic nitrogens is 4. The van der Waals surface area contributed by atoms with Crippen molar-refractivity contribution in [2.45, 2.75) is 12.3 Å². The summed E-state index contributed by atoms with van der Waals surface area (Å²) < 4.78 is 3.42. The van der Waals surface area contributed by atoms with Crippen LogP contribution in [0.2, 0.25) is 0 Å². The Morgan fingerprint density at radius 1 is 0.500 bits per heavy atom. The highest BCUT2D eigenvalue weighted by molar-refractivity contribution is 5.93. The fourth-order valence-corrected chi connectivity index (χ4v) is 7.82. The highest BCUT2D eigenvalue weighted by Crippen LogP contribution is 2.53. The summed E-state index contributed by atoms with van der Waals surface area (Å²) in [5, 5.41) is 0. The molecule has 5 heteroatoms. The molecule has 2 aromatic heterocycles. The summed E-state index contributed by atoms with van der Waals surface area (Å²) in [6, 6.07) is 53.1. The average molecular weight is 647 g/mol. The van der Waals surface area contributed by atoms with Crippen molar-refractivity contribution in [3.63, 3.8) is 0 Å². The molecular weight excluding hydrogens is 613 g/mol. The van der Waals surface area contributed by atoms with Crippen molar-refractivity contribution in [1.29, 1.82) is 0 Å². The maximum absolute atomic E-state index is 12.7. The van der Waals surface area contributed by atoms with Crippen LogP contribution in [-0.2, 0) is 19.5 Å². The van der Waals surface area contributed by atoms with E-state index in [4.69, 9.17) is 9.97 Å². The van der Waals surface area contributed by atoms with E-state index >= 15 is 0 Å². The van der Waals surface area contributed by atoms with Gasteiger partial charge in [-0.05, 0) is 58.5 Å². The largest absolute Gasteiger partial charge is 0.328 e. The van der Waals surface area contributed by atoms with Crippen LogP contribution >= 0.6 is 0 Å². The molecule has 0 amide bonds. The van der Waals surface area contributed by atoms with E-state index in [1.54, 1.807) is 9.13 Å². The first-order valence-electron chi connectivity index (χ1n) is 16.9. The number of aryl methyl sites for hydroxylation is 2. The molecule has 0 spiro atoms. The van der Waals surface area contributed by atoms with Gasteiger partial charge in [0.15, 0.2) is 5.82 Å². The van der Waals surface area contributed by atoms with Crippen molar-refractivity contribution < 1.29 is 0 Å². The Kier molecular flexibility index (Phi) is 6.78. The molecule has 1 aliphatic carbocycles. The minimum Gasteiger partial charge on any atom is -0.295 e. The molecule has 0 bridgehead atoms. The Labute approximate surface area is 290 Å². The summed E-state index contributed by atoms with van der Waals surface area (Å²) >= 11 is 0. The van der Waals surface area contributed by atoms with Gasteiger partial charge in [0.05, 0.1) is 22.4 Å². The first-order valence-corrected chi connectivity index (χ1v) is 16.9. The molecule has 50 heavy (non-hydrogen) atoms. The highest BCUT2D eigenvalue weighted by atomic mass is 16.1. The van der Waals surface area contributed by atoms with Crippen LogP contribution in [-0.4, -0.2) is 19.1 Å². The van der Waals surface area contributed by atoms with E-state index < -0.39 is 0 Å². The molecule has 0 radical (unpaired) electrons. The predicted octanol–water partition coefficient (Wildman–Crippen LogP) is 9.67. The zero-order valence-corrected chi connectivity index (χ0v) is 28.1. The maximum Gasteiger partial charge on any atom is 0.328 e. The summed E-state index contributed by atoms with van der Waals surface area (Å²) in [6.07, 6.45) is 0. The fraction of sp³-hybridized carbons (Fsp3) is 0.0889. The van der Waals surface area contributed by atoms with E-state index in [1.807, 2.05) is 44.4 Å². The predicted molar refractivity (Wildman–Crippen MR) is 203 cm³/mol. The van der Waals surface area contributed by atoms with Gasteiger partial charge in [0.25, 0.3) is 0 Å². The van der Waals surface area contributed by atoms with Gasteiger partial charge in [-0.3, -0.25) is 9.13 Å². The van der Waals surface area contributed by atoms with E-state index in [0.29, 0.717) is 5.82 Å². The Hall–Kier alpha value is -6.33. The van der Waals surface area contributed by atoms with Crippen LogP contribution in [0.1, 0.15) is 23.6 Å². The van der Waals surface area contributed by atoms with Gasteiger partial charge in [-0.1, -0.05) is 133 Å². The molecule has 1 aliphatic rings. The van der Waals surface area contributed by atoms with Crippen molar-refractivity contribution >= 4 is 11.0 Å². The van der Waals surface area contributed by atoms with E-state index in [-0.39, 0.29) is 11.1 Å². The number of fused-ring (bicyclic) bond motifs is 4. The van der Waals surface area contributed by atoms with Crippen molar-refractivity contribution in [1.82, 2.24) is 19.1 Å². The van der Waals surface area contributed by atoms with Gasteiger partial charge >= 0.3 is 5.69 Å². The molecule has 0 N–H and O–H groups in total. The lowest BCUT2D eigenvalue weighted by Crippen LogP contribution is -2.22. The molecule has 0 fully saturated rings. The van der Waals surface area contributed by atoms with Gasteiger partial charge in [0, 0.05) is 41.8 Å². The number of para-hydroxylation sites is 1. The quantitative estimate of drug-likeness (QED) is 0.187. The van der Waals surface area contributed by atoms with Crippen molar-refractivity contribution in [2.24, 2.45) is 14.1 Å². The summed E-state index contributed by atoms with van der Waals surface area (Å²) in [6.45, 7) is 2.34. The van der Waals surface area contributed by atoms with E-state index in [0.717, 1.165) is 50.2 Å². The lowest BCUT2D eigenvalue weighted by molar-refractivity contribution is 0.714. The van der Waals surface area contributed by atoms with E-state index in [2.05, 4.69) is 128 Å². The van der Waals surface area contributed by atoms with Crippen LogP contribution in [0, 0.1) is 0 Å². The topological polar surface area (TPSA) is 52.7 Å². The van der Waals surface area contributed by atoms with Crippen LogP contribution in [0.3, 0.4) is 0 Å². The zero-order valence-electron chi connectivity index (χ0n) is 28.1. The van der Waals surface area contributed by atoms with Crippen molar-refractivity contribution in [3.05, 3.63) is 179 Å². The zero-order chi connectivity index (χ0) is 34.0. The third kappa shape index (κ3) is 4.51. The summed E-state index contributed by atoms with van der Waals surface area (Å²) in [4.78, 5) is 23.0. The summed E-state index contributed by atoms with van der Waals surface area (Å²) in [5.41, 5.74) is 14.7. The van der Waals surface area contributed by atoms with Gasteiger partial charge in [0.2, 0.25) is 0 Å². The molecule has 0 saturated heterocycles. The van der Waals surface area contributed by atoms with Gasteiger partial charge in [0.1, 0.15) is 0 Å². The Morgan fingerprint density at radius 2 is 1.10 bits per heavy atom. The SMILES string of the molecule is Cn1c(=O)n(C)c2c(-c3ccc(-c4cc(-c5ccc6c(c5)C(C)(c5ccccc5)c5ccccc5-6)nc(-c5ccccc5)n4)cc3)cccc21. The van der Waals surface area contributed by atoms with Gasteiger partial charge in [-0.2, -0.15) is 0 Å². The van der Waals surface area contributed by atoms with E-state index in [9.17, 15) is 4.79 Å². The molecule has 2 heterocycles. The second kappa shape index (κ2) is 11.4. The maximum atomic E-state index is 12.7. The molecule has 9 rings (SSSR count). The molecular formula is C45H34N4O. The number of imidazole rings is 1. The van der Waals surface area contributed by atoms with Crippen LogP contribution in [0.15, 0.2) is 156 Å². The minimum absolute atomic E-state index is 0.0365. The number of hydrogen-bond donors (Lipinski definition) is 0. The monoisotopic (exact) mass is 646 g/mol. The summed E-state index contributed by atoms with van der Waals surface area (Å²) in [7, 11) is 3.65. The van der Waals surface area contributed by atoms with Crippen LogP contribution in [0.25, 0.3) is 67.2 Å². The molecule has 1 unspecified atom stereocenters. The second-order valence-electron chi connectivity index (χ2n) is 13.3. The normalized spacial score (nSPS) is 14.9. The van der Waals surface area contributed by atoms with Gasteiger partial charge in [-0.25, -0.2) is 14.8 Å². The van der Waals surface area contributed by atoms with Crippen LogP contribution < -0.4 is 5.69 Å². The lowest BCUT2D eigenvalue weighted by Gasteiger charge is -2.28. The Balaban J connectivity index is 1.18. The number of benzene rings is 6.